The highest BCUT2D eigenvalue weighted by Crippen LogP contribution is 2.47. The number of hydrogen-bond donors (Lipinski definition) is 0. The SMILES string of the molecule is COC(=O)[C@H]1[C@@H](c2ccc(Cl)cc2)C[C@@H]2CC[C@H]1N2CC#CCF.Cl. The van der Waals surface area contributed by atoms with Crippen molar-refractivity contribution in [2.24, 2.45) is 5.92 Å². The van der Waals surface area contributed by atoms with E-state index in [4.69, 9.17) is 16.3 Å². The number of hydrogen-bond acceptors (Lipinski definition) is 3. The van der Waals surface area contributed by atoms with Gasteiger partial charge in [0, 0.05) is 23.0 Å². The summed E-state index contributed by atoms with van der Waals surface area (Å²) in [5, 5.41) is 0.690. The van der Waals surface area contributed by atoms with Crippen LogP contribution in [0.2, 0.25) is 5.02 Å². The molecule has 25 heavy (non-hydrogen) atoms. The predicted octanol–water partition coefficient (Wildman–Crippen LogP) is 3.84. The summed E-state index contributed by atoms with van der Waals surface area (Å²) in [5.41, 5.74) is 1.13. The van der Waals surface area contributed by atoms with Gasteiger partial charge in [-0.2, -0.15) is 0 Å². The van der Waals surface area contributed by atoms with Crippen molar-refractivity contribution in [3.63, 3.8) is 0 Å². The molecule has 136 valence electrons. The second kappa shape index (κ2) is 8.89. The second-order valence-electron chi connectivity index (χ2n) is 6.40. The number of benzene rings is 1. The lowest BCUT2D eigenvalue weighted by atomic mass is 9.76. The van der Waals surface area contributed by atoms with Crippen LogP contribution in [-0.2, 0) is 9.53 Å². The maximum Gasteiger partial charge on any atom is 0.310 e. The maximum absolute atomic E-state index is 12.5. The van der Waals surface area contributed by atoms with Crippen LogP contribution >= 0.6 is 24.0 Å². The van der Waals surface area contributed by atoms with Crippen molar-refractivity contribution >= 4 is 30.0 Å². The molecule has 2 aliphatic rings. The Morgan fingerprint density at radius 2 is 2.04 bits per heavy atom. The number of ether oxygens (including phenoxy) is 1. The topological polar surface area (TPSA) is 29.5 Å². The molecule has 0 saturated carbocycles. The summed E-state index contributed by atoms with van der Waals surface area (Å²) in [6.07, 6.45) is 2.88. The van der Waals surface area contributed by atoms with Gasteiger partial charge < -0.3 is 4.74 Å². The van der Waals surface area contributed by atoms with E-state index < -0.39 is 6.67 Å². The van der Waals surface area contributed by atoms with Crippen LogP contribution in [0.4, 0.5) is 4.39 Å². The van der Waals surface area contributed by atoms with Gasteiger partial charge in [0.1, 0.15) is 6.67 Å². The maximum atomic E-state index is 12.5. The zero-order chi connectivity index (χ0) is 17.1. The van der Waals surface area contributed by atoms with Gasteiger partial charge in [-0.05, 0) is 37.0 Å². The molecule has 0 aromatic heterocycles. The number of methoxy groups -OCH3 is 1. The van der Waals surface area contributed by atoms with Crippen molar-refractivity contribution in [3.05, 3.63) is 34.9 Å². The predicted molar refractivity (Wildman–Crippen MR) is 98.8 cm³/mol. The molecule has 0 aliphatic carbocycles. The smallest absolute Gasteiger partial charge is 0.310 e. The zero-order valence-electron chi connectivity index (χ0n) is 14.1. The number of carbonyl (C=O) groups is 1. The van der Waals surface area contributed by atoms with E-state index in [1.165, 1.54) is 7.11 Å². The number of halogens is 3. The minimum absolute atomic E-state index is 0. The Labute approximate surface area is 159 Å². The van der Waals surface area contributed by atoms with Crippen LogP contribution in [0.25, 0.3) is 0 Å². The van der Waals surface area contributed by atoms with Crippen molar-refractivity contribution in [1.82, 2.24) is 4.90 Å². The van der Waals surface area contributed by atoms with Gasteiger partial charge in [0.15, 0.2) is 0 Å². The first-order valence-electron chi connectivity index (χ1n) is 8.26. The second-order valence-corrected chi connectivity index (χ2v) is 6.84. The van der Waals surface area contributed by atoms with E-state index in [0.717, 1.165) is 24.8 Å². The van der Waals surface area contributed by atoms with Gasteiger partial charge >= 0.3 is 5.97 Å². The normalized spacial score (nSPS) is 27.8. The quantitative estimate of drug-likeness (QED) is 0.584. The Morgan fingerprint density at radius 1 is 1.32 bits per heavy atom. The van der Waals surface area contributed by atoms with Gasteiger partial charge in [-0.25, -0.2) is 4.39 Å². The molecule has 2 bridgehead atoms. The summed E-state index contributed by atoms with van der Waals surface area (Å²) < 4.78 is 17.4. The van der Waals surface area contributed by atoms with Crippen LogP contribution in [0, 0.1) is 17.8 Å². The first-order valence-corrected chi connectivity index (χ1v) is 8.64. The molecule has 1 aromatic rings. The molecule has 0 radical (unpaired) electrons. The summed E-state index contributed by atoms with van der Waals surface area (Å²) in [7, 11) is 1.44. The van der Waals surface area contributed by atoms with E-state index in [1.54, 1.807) is 0 Å². The highest BCUT2D eigenvalue weighted by molar-refractivity contribution is 6.30. The molecule has 2 aliphatic heterocycles. The Balaban J connectivity index is 0.00000225. The van der Waals surface area contributed by atoms with E-state index >= 15 is 0 Å². The van der Waals surface area contributed by atoms with Crippen molar-refractivity contribution in [2.75, 3.05) is 20.3 Å². The minimum atomic E-state index is -0.628. The third-order valence-corrected chi connectivity index (χ3v) is 5.54. The van der Waals surface area contributed by atoms with Gasteiger partial charge in [-0.3, -0.25) is 9.69 Å². The summed E-state index contributed by atoms with van der Waals surface area (Å²) in [4.78, 5) is 14.8. The molecule has 3 nitrogen and oxygen atoms in total. The van der Waals surface area contributed by atoms with Crippen molar-refractivity contribution < 1.29 is 13.9 Å². The molecule has 0 spiro atoms. The standard InChI is InChI=1S/C19H21ClFNO2.ClH/c1-24-19(23)18-16(13-4-6-14(20)7-5-13)12-15-8-9-17(18)22(15)11-3-2-10-21;/h4-7,15-18H,8-12H2,1H3;1H/t15-,16+,17+,18-;/m0./s1. The molecule has 6 heteroatoms. The molecule has 0 amide bonds. The molecule has 0 unspecified atom stereocenters. The highest BCUT2D eigenvalue weighted by atomic mass is 35.5. The number of piperidine rings is 1. The molecule has 2 heterocycles. The molecule has 1 aromatic carbocycles. The number of carbonyl (C=O) groups excluding carboxylic acids is 1. The summed E-state index contributed by atoms with van der Waals surface area (Å²) >= 11 is 5.99. The molecule has 2 fully saturated rings. The Kier molecular flexibility index (Phi) is 7.13. The third kappa shape index (κ3) is 4.11. The van der Waals surface area contributed by atoms with Crippen molar-refractivity contribution in [2.45, 2.75) is 37.3 Å². The first kappa shape index (κ1) is 20.0. The lowest BCUT2D eigenvalue weighted by molar-refractivity contribution is -0.150. The Hall–Kier alpha value is -1.28. The minimum Gasteiger partial charge on any atom is -0.469 e. The van der Waals surface area contributed by atoms with Crippen LogP contribution < -0.4 is 0 Å². The van der Waals surface area contributed by atoms with Crippen LogP contribution in [0.5, 0.6) is 0 Å². The number of esters is 1. The number of fused-ring (bicyclic) bond motifs is 2. The fraction of sp³-hybridized carbons (Fsp3) is 0.526. The summed E-state index contributed by atoms with van der Waals surface area (Å²) in [6.45, 7) is -0.114. The van der Waals surface area contributed by atoms with E-state index in [9.17, 15) is 9.18 Å². The number of alkyl halides is 1. The van der Waals surface area contributed by atoms with Crippen LogP contribution in [0.3, 0.4) is 0 Å². The van der Waals surface area contributed by atoms with Crippen molar-refractivity contribution in [1.29, 1.82) is 0 Å². The third-order valence-electron chi connectivity index (χ3n) is 5.29. The van der Waals surface area contributed by atoms with E-state index in [-0.39, 0.29) is 36.3 Å². The molecular weight excluding hydrogens is 364 g/mol. The lowest BCUT2D eigenvalue weighted by Crippen LogP contribution is -2.51. The zero-order valence-corrected chi connectivity index (χ0v) is 15.7. The Bertz CT molecular complexity index is 656. The molecule has 4 atom stereocenters. The molecular formula is C19H22Cl2FNO2. The van der Waals surface area contributed by atoms with Gasteiger partial charge in [-0.1, -0.05) is 35.6 Å². The Morgan fingerprint density at radius 3 is 2.68 bits per heavy atom. The molecule has 0 N–H and O–H groups in total. The monoisotopic (exact) mass is 385 g/mol. The fourth-order valence-electron chi connectivity index (χ4n) is 4.26. The average Bonchev–Trinajstić information content (AvgIpc) is 2.87. The van der Waals surface area contributed by atoms with Crippen LogP contribution in [0.15, 0.2) is 24.3 Å². The van der Waals surface area contributed by atoms with Crippen LogP contribution in [-0.4, -0.2) is 43.3 Å². The number of nitrogens with zero attached hydrogens (tertiary/aromatic N) is 1. The van der Waals surface area contributed by atoms with Gasteiger partial charge in [0.2, 0.25) is 0 Å². The van der Waals surface area contributed by atoms with Gasteiger partial charge in [-0.15, -0.1) is 12.4 Å². The average molecular weight is 386 g/mol. The highest BCUT2D eigenvalue weighted by Gasteiger charge is 2.50. The summed E-state index contributed by atoms with van der Waals surface area (Å²) in [5.74, 6) is 5.08. The van der Waals surface area contributed by atoms with E-state index in [0.29, 0.717) is 17.6 Å². The fourth-order valence-corrected chi connectivity index (χ4v) is 4.39. The lowest BCUT2D eigenvalue weighted by Gasteiger charge is -2.42. The van der Waals surface area contributed by atoms with Gasteiger partial charge in [0.05, 0.1) is 19.6 Å². The molecule has 3 rings (SSSR count). The van der Waals surface area contributed by atoms with Gasteiger partial charge in [0.25, 0.3) is 0 Å². The number of rotatable bonds is 3. The first-order chi connectivity index (χ1) is 11.7. The van der Waals surface area contributed by atoms with Crippen LogP contribution in [0.1, 0.15) is 30.7 Å². The van der Waals surface area contributed by atoms with E-state index in [2.05, 4.69) is 16.7 Å². The molecule has 2 saturated heterocycles. The van der Waals surface area contributed by atoms with Crippen molar-refractivity contribution in [3.8, 4) is 11.8 Å². The van der Waals surface area contributed by atoms with E-state index in [1.807, 2.05) is 24.3 Å². The summed E-state index contributed by atoms with van der Waals surface area (Å²) in [6, 6.07) is 8.22. The largest absolute Gasteiger partial charge is 0.469 e.